The number of ether oxygens (including phenoxy) is 2. The highest BCUT2D eigenvalue weighted by atomic mass is 16.5. The monoisotopic (exact) mass is 250 g/mol. The summed E-state index contributed by atoms with van der Waals surface area (Å²) in [7, 11) is 3.14. The van der Waals surface area contributed by atoms with Gasteiger partial charge < -0.3 is 9.47 Å². The number of rotatable bonds is 7. The van der Waals surface area contributed by atoms with E-state index < -0.39 is 0 Å². The second-order valence-corrected chi connectivity index (χ2v) is 4.75. The van der Waals surface area contributed by atoms with E-state index in [2.05, 4.69) is 13.8 Å². The number of ketones is 1. The summed E-state index contributed by atoms with van der Waals surface area (Å²) in [5.41, 5.74) is 0.561. The van der Waals surface area contributed by atoms with Crippen molar-refractivity contribution in [2.24, 2.45) is 5.92 Å². The van der Waals surface area contributed by atoms with E-state index >= 15 is 0 Å². The van der Waals surface area contributed by atoms with Crippen molar-refractivity contribution in [1.82, 2.24) is 0 Å². The molecule has 0 aliphatic rings. The van der Waals surface area contributed by atoms with Gasteiger partial charge in [0.1, 0.15) is 17.1 Å². The molecule has 0 spiro atoms. The summed E-state index contributed by atoms with van der Waals surface area (Å²) in [5.74, 6) is 1.88. The Morgan fingerprint density at radius 1 is 1.17 bits per heavy atom. The van der Waals surface area contributed by atoms with E-state index in [1.165, 1.54) is 0 Å². The zero-order chi connectivity index (χ0) is 13.5. The predicted molar refractivity (Wildman–Crippen MR) is 72.6 cm³/mol. The lowest BCUT2D eigenvalue weighted by Crippen LogP contribution is -2.05. The van der Waals surface area contributed by atoms with Crippen molar-refractivity contribution < 1.29 is 14.3 Å². The van der Waals surface area contributed by atoms with Crippen molar-refractivity contribution >= 4 is 5.78 Å². The molecule has 0 unspecified atom stereocenters. The Balaban J connectivity index is 2.83. The Bertz CT molecular complexity index is 374. The molecule has 3 nitrogen and oxygen atoms in total. The van der Waals surface area contributed by atoms with Crippen LogP contribution in [0.2, 0.25) is 0 Å². The Labute approximate surface area is 109 Å². The third-order valence-corrected chi connectivity index (χ3v) is 2.89. The number of methoxy groups -OCH3 is 2. The number of hydrogen-bond donors (Lipinski definition) is 0. The van der Waals surface area contributed by atoms with Gasteiger partial charge in [0, 0.05) is 6.42 Å². The molecule has 1 rings (SSSR count). The van der Waals surface area contributed by atoms with Gasteiger partial charge in [-0.15, -0.1) is 0 Å². The normalized spacial score (nSPS) is 10.5. The fraction of sp³-hybridized carbons (Fsp3) is 0.533. The van der Waals surface area contributed by atoms with Gasteiger partial charge in [0.2, 0.25) is 0 Å². The summed E-state index contributed by atoms with van der Waals surface area (Å²) in [6, 6.07) is 5.40. The van der Waals surface area contributed by atoms with Gasteiger partial charge in [-0.05, 0) is 24.5 Å². The molecule has 1 aromatic carbocycles. The fourth-order valence-corrected chi connectivity index (χ4v) is 1.92. The highest BCUT2D eigenvalue weighted by Crippen LogP contribution is 2.30. The minimum Gasteiger partial charge on any atom is -0.496 e. The lowest BCUT2D eigenvalue weighted by atomic mass is 10.00. The molecule has 3 heteroatoms. The van der Waals surface area contributed by atoms with E-state index in [1.807, 2.05) is 6.07 Å². The predicted octanol–water partition coefficient (Wildman–Crippen LogP) is 3.71. The third-order valence-electron chi connectivity index (χ3n) is 2.89. The Hall–Kier alpha value is -1.51. The molecular formula is C15H22O3. The van der Waals surface area contributed by atoms with Crippen LogP contribution in [0.4, 0.5) is 0 Å². The molecule has 0 fully saturated rings. The molecule has 0 saturated carbocycles. The van der Waals surface area contributed by atoms with Crippen LogP contribution in [0.15, 0.2) is 18.2 Å². The number of carbonyl (C=O) groups excluding carboxylic acids is 1. The van der Waals surface area contributed by atoms with Gasteiger partial charge in [-0.3, -0.25) is 4.79 Å². The number of benzene rings is 1. The minimum atomic E-state index is 0.0879. The molecule has 0 heterocycles. The fourth-order valence-electron chi connectivity index (χ4n) is 1.92. The van der Waals surface area contributed by atoms with Gasteiger partial charge in [0.25, 0.3) is 0 Å². The maximum Gasteiger partial charge on any atom is 0.170 e. The Morgan fingerprint density at radius 3 is 2.17 bits per heavy atom. The molecule has 0 N–H and O–H groups in total. The first-order valence-electron chi connectivity index (χ1n) is 6.34. The quantitative estimate of drug-likeness (QED) is 0.692. The van der Waals surface area contributed by atoms with Gasteiger partial charge in [-0.1, -0.05) is 26.3 Å². The minimum absolute atomic E-state index is 0.0879. The van der Waals surface area contributed by atoms with Crippen molar-refractivity contribution in [3.63, 3.8) is 0 Å². The molecule has 0 amide bonds. The van der Waals surface area contributed by atoms with E-state index in [1.54, 1.807) is 26.4 Å². The van der Waals surface area contributed by atoms with Crippen LogP contribution in [0.25, 0.3) is 0 Å². The molecule has 0 aromatic heterocycles. The molecule has 0 bridgehead atoms. The van der Waals surface area contributed by atoms with Crippen LogP contribution < -0.4 is 9.47 Å². The molecule has 0 saturated heterocycles. The molecule has 0 atom stereocenters. The molecule has 0 aliphatic heterocycles. The SMILES string of the molecule is COc1cccc(OC)c1C(=O)CCCC(C)C. The molecule has 0 radical (unpaired) electrons. The van der Waals surface area contributed by atoms with Crippen LogP contribution in [0, 0.1) is 5.92 Å². The van der Waals surface area contributed by atoms with Gasteiger partial charge in [0.05, 0.1) is 14.2 Å². The van der Waals surface area contributed by atoms with Crippen LogP contribution in [-0.2, 0) is 0 Å². The van der Waals surface area contributed by atoms with Gasteiger partial charge >= 0.3 is 0 Å². The van der Waals surface area contributed by atoms with E-state index in [0.717, 1.165) is 12.8 Å². The maximum absolute atomic E-state index is 12.2. The second kappa shape index (κ2) is 7.04. The average molecular weight is 250 g/mol. The van der Waals surface area contributed by atoms with Crippen LogP contribution in [0.5, 0.6) is 11.5 Å². The van der Waals surface area contributed by atoms with Crippen molar-refractivity contribution in [3.8, 4) is 11.5 Å². The zero-order valence-electron chi connectivity index (χ0n) is 11.7. The highest BCUT2D eigenvalue weighted by molar-refractivity contribution is 6.01. The molecular weight excluding hydrogens is 228 g/mol. The summed E-state index contributed by atoms with van der Waals surface area (Å²) in [4.78, 5) is 12.2. The average Bonchev–Trinajstić information content (AvgIpc) is 2.36. The zero-order valence-corrected chi connectivity index (χ0v) is 11.7. The van der Waals surface area contributed by atoms with E-state index in [0.29, 0.717) is 29.4 Å². The van der Waals surface area contributed by atoms with Crippen LogP contribution in [0.3, 0.4) is 0 Å². The van der Waals surface area contributed by atoms with E-state index in [9.17, 15) is 4.79 Å². The van der Waals surface area contributed by atoms with Crippen LogP contribution in [0.1, 0.15) is 43.5 Å². The Morgan fingerprint density at radius 2 is 1.72 bits per heavy atom. The van der Waals surface area contributed by atoms with Crippen molar-refractivity contribution in [1.29, 1.82) is 0 Å². The first-order valence-corrected chi connectivity index (χ1v) is 6.34. The first kappa shape index (κ1) is 14.6. The largest absolute Gasteiger partial charge is 0.496 e. The van der Waals surface area contributed by atoms with Gasteiger partial charge in [-0.2, -0.15) is 0 Å². The van der Waals surface area contributed by atoms with Gasteiger partial charge in [-0.25, -0.2) is 0 Å². The standard InChI is InChI=1S/C15H22O3/c1-11(2)7-5-8-12(16)15-13(17-3)9-6-10-14(15)18-4/h6,9-11H,5,7-8H2,1-4H3. The maximum atomic E-state index is 12.2. The summed E-state index contributed by atoms with van der Waals surface area (Å²) in [5, 5.41) is 0. The van der Waals surface area contributed by atoms with E-state index in [-0.39, 0.29) is 5.78 Å². The van der Waals surface area contributed by atoms with Gasteiger partial charge in [0.15, 0.2) is 5.78 Å². The molecule has 100 valence electrons. The molecule has 1 aromatic rings. The van der Waals surface area contributed by atoms with Crippen LogP contribution >= 0.6 is 0 Å². The smallest absolute Gasteiger partial charge is 0.170 e. The number of carbonyl (C=O) groups is 1. The van der Waals surface area contributed by atoms with E-state index in [4.69, 9.17) is 9.47 Å². The van der Waals surface area contributed by atoms with Crippen LogP contribution in [-0.4, -0.2) is 20.0 Å². The summed E-state index contributed by atoms with van der Waals surface area (Å²) in [6.07, 6.45) is 2.50. The summed E-state index contributed by atoms with van der Waals surface area (Å²) in [6.45, 7) is 4.32. The first-order chi connectivity index (χ1) is 8.60. The topological polar surface area (TPSA) is 35.5 Å². The highest BCUT2D eigenvalue weighted by Gasteiger charge is 2.17. The number of hydrogen-bond acceptors (Lipinski definition) is 3. The lowest BCUT2D eigenvalue weighted by molar-refractivity contribution is 0.0972. The molecule has 18 heavy (non-hydrogen) atoms. The summed E-state index contributed by atoms with van der Waals surface area (Å²) >= 11 is 0. The third kappa shape index (κ3) is 3.76. The Kier molecular flexibility index (Phi) is 5.69. The lowest BCUT2D eigenvalue weighted by Gasteiger charge is -2.12. The van der Waals surface area contributed by atoms with Crippen molar-refractivity contribution in [2.45, 2.75) is 33.1 Å². The number of Topliss-reactive ketones (excluding diaryl/α,β-unsaturated/α-hetero) is 1. The summed E-state index contributed by atoms with van der Waals surface area (Å²) < 4.78 is 10.5. The molecule has 0 aliphatic carbocycles. The van der Waals surface area contributed by atoms with Crippen molar-refractivity contribution in [3.05, 3.63) is 23.8 Å². The second-order valence-electron chi connectivity index (χ2n) is 4.75. The van der Waals surface area contributed by atoms with Crippen molar-refractivity contribution in [2.75, 3.05) is 14.2 Å².